The van der Waals surface area contributed by atoms with Crippen LogP contribution in [-0.4, -0.2) is 9.97 Å². The van der Waals surface area contributed by atoms with Gasteiger partial charge in [0.2, 0.25) is 5.88 Å². The summed E-state index contributed by atoms with van der Waals surface area (Å²) < 4.78 is 19.6. The lowest BCUT2D eigenvalue weighted by Crippen LogP contribution is -1.91. The number of nitrogen functional groups attached to an aromatic ring is 1. The molecule has 0 saturated heterocycles. The van der Waals surface area contributed by atoms with E-state index >= 15 is 0 Å². The third-order valence-corrected chi connectivity index (χ3v) is 3.82. The Labute approximate surface area is 143 Å². The monoisotopic (exact) mass is 331 g/mol. The fourth-order valence-corrected chi connectivity index (χ4v) is 2.65. The van der Waals surface area contributed by atoms with Crippen LogP contribution in [0.5, 0.6) is 11.6 Å². The summed E-state index contributed by atoms with van der Waals surface area (Å²) in [6, 6.07) is 17.4. The molecule has 0 saturated carbocycles. The Bertz CT molecular complexity index is 1030. The van der Waals surface area contributed by atoms with Gasteiger partial charge < -0.3 is 10.5 Å². The molecule has 4 rings (SSSR count). The van der Waals surface area contributed by atoms with E-state index in [9.17, 15) is 4.39 Å². The van der Waals surface area contributed by atoms with Gasteiger partial charge in [0.05, 0.1) is 17.4 Å². The van der Waals surface area contributed by atoms with E-state index in [0.29, 0.717) is 17.3 Å². The van der Waals surface area contributed by atoms with Gasteiger partial charge in [-0.1, -0.05) is 18.2 Å². The second kappa shape index (κ2) is 6.20. The van der Waals surface area contributed by atoms with Crippen molar-refractivity contribution in [1.29, 1.82) is 0 Å². The van der Waals surface area contributed by atoms with Crippen molar-refractivity contribution >= 4 is 16.6 Å². The van der Waals surface area contributed by atoms with E-state index in [-0.39, 0.29) is 5.82 Å². The molecule has 0 aliphatic carbocycles. The Morgan fingerprint density at radius 3 is 2.52 bits per heavy atom. The molecule has 0 unspecified atom stereocenters. The van der Waals surface area contributed by atoms with E-state index in [1.807, 2.05) is 30.3 Å². The molecule has 4 nitrogen and oxygen atoms in total. The molecule has 0 bridgehead atoms. The Kier molecular flexibility index (Phi) is 3.74. The normalized spacial score (nSPS) is 10.8. The van der Waals surface area contributed by atoms with Gasteiger partial charge in [-0.2, -0.15) is 0 Å². The molecular weight excluding hydrogens is 317 g/mol. The molecule has 0 amide bonds. The van der Waals surface area contributed by atoms with Crippen LogP contribution in [0.25, 0.3) is 22.0 Å². The van der Waals surface area contributed by atoms with Crippen molar-refractivity contribution in [2.45, 2.75) is 0 Å². The van der Waals surface area contributed by atoms with Crippen molar-refractivity contribution in [3.05, 3.63) is 78.9 Å². The summed E-state index contributed by atoms with van der Waals surface area (Å²) in [7, 11) is 0. The first-order chi connectivity index (χ1) is 12.2. The standard InChI is InChI=1S/C20H14FN3O/c21-15-10-14-2-1-9-23-20(14)18(11-15)13-3-6-17(7-4-13)25-19-8-5-16(22)12-24-19/h1-12H,22H2. The molecular formula is C20H14FN3O. The lowest BCUT2D eigenvalue weighted by atomic mass is 10.0. The molecule has 0 spiro atoms. The van der Waals surface area contributed by atoms with Gasteiger partial charge in [-0.25, -0.2) is 9.37 Å². The second-order valence-electron chi connectivity index (χ2n) is 5.58. The number of pyridine rings is 2. The fraction of sp³-hybridized carbons (Fsp3) is 0. The molecule has 0 radical (unpaired) electrons. The maximum atomic E-state index is 13.9. The molecule has 0 atom stereocenters. The number of hydrogen-bond donors (Lipinski definition) is 1. The predicted octanol–water partition coefficient (Wildman–Crippen LogP) is 4.81. The van der Waals surface area contributed by atoms with E-state index in [4.69, 9.17) is 10.5 Å². The smallest absolute Gasteiger partial charge is 0.219 e. The minimum Gasteiger partial charge on any atom is -0.439 e. The van der Waals surface area contributed by atoms with E-state index in [2.05, 4.69) is 9.97 Å². The first-order valence-electron chi connectivity index (χ1n) is 7.73. The number of fused-ring (bicyclic) bond motifs is 1. The maximum Gasteiger partial charge on any atom is 0.219 e. The molecule has 2 aromatic carbocycles. The molecule has 4 aromatic rings. The molecule has 25 heavy (non-hydrogen) atoms. The zero-order chi connectivity index (χ0) is 17.2. The highest BCUT2D eigenvalue weighted by Gasteiger charge is 2.08. The fourth-order valence-electron chi connectivity index (χ4n) is 2.65. The van der Waals surface area contributed by atoms with Crippen LogP contribution in [0.4, 0.5) is 10.1 Å². The highest BCUT2D eigenvalue weighted by Crippen LogP contribution is 2.30. The lowest BCUT2D eigenvalue weighted by Gasteiger charge is -2.09. The Morgan fingerprint density at radius 2 is 1.76 bits per heavy atom. The van der Waals surface area contributed by atoms with Crippen LogP contribution in [0.2, 0.25) is 0 Å². The number of halogens is 1. The molecule has 122 valence electrons. The van der Waals surface area contributed by atoms with Gasteiger partial charge in [-0.3, -0.25) is 4.98 Å². The summed E-state index contributed by atoms with van der Waals surface area (Å²) in [6.07, 6.45) is 3.24. The zero-order valence-electron chi connectivity index (χ0n) is 13.2. The van der Waals surface area contributed by atoms with Crippen LogP contribution in [-0.2, 0) is 0 Å². The molecule has 0 aliphatic rings. The molecule has 2 aromatic heterocycles. The molecule has 2 heterocycles. The van der Waals surface area contributed by atoms with Crippen LogP contribution in [0, 0.1) is 5.82 Å². The number of nitrogens with two attached hydrogens (primary N) is 1. The van der Waals surface area contributed by atoms with E-state index in [0.717, 1.165) is 22.0 Å². The van der Waals surface area contributed by atoms with Gasteiger partial charge in [0, 0.05) is 23.2 Å². The first kappa shape index (κ1) is 15.1. The van der Waals surface area contributed by atoms with Crippen molar-refractivity contribution in [3.63, 3.8) is 0 Å². The summed E-state index contributed by atoms with van der Waals surface area (Å²) in [6.45, 7) is 0. The van der Waals surface area contributed by atoms with Crippen LogP contribution in [0.15, 0.2) is 73.1 Å². The number of rotatable bonds is 3. The van der Waals surface area contributed by atoms with E-state index < -0.39 is 0 Å². The molecule has 2 N–H and O–H groups in total. The summed E-state index contributed by atoms with van der Waals surface area (Å²) in [5, 5.41) is 0.768. The lowest BCUT2D eigenvalue weighted by molar-refractivity contribution is 0.463. The highest BCUT2D eigenvalue weighted by atomic mass is 19.1. The number of nitrogens with zero attached hydrogens (tertiary/aromatic N) is 2. The van der Waals surface area contributed by atoms with E-state index in [1.165, 1.54) is 18.3 Å². The van der Waals surface area contributed by atoms with Gasteiger partial charge in [-0.15, -0.1) is 0 Å². The minimum absolute atomic E-state index is 0.290. The van der Waals surface area contributed by atoms with Gasteiger partial charge in [0.1, 0.15) is 11.6 Å². The third kappa shape index (κ3) is 3.12. The largest absolute Gasteiger partial charge is 0.439 e. The quantitative estimate of drug-likeness (QED) is 0.585. The maximum absolute atomic E-state index is 13.9. The number of aromatic nitrogens is 2. The molecule has 0 fully saturated rings. The van der Waals surface area contributed by atoms with Crippen LogP contribution in [0.1, 0.15) is 0 Å². The topological polar surface area (TPSA) is 61.0 Å². The van der Waals surface area contributed by atoms with Crippen molar-refractivity contribution in [1.82, 2.24) is 9.97 Å². The SMILES string of the molecule is Nc1ccc(Oc2ccc(-c3cc(F)cc4cccnc34)cc2)nc1. The number of ether oxygens (including phenoxy) is 1. The van der Waals surface area contributed by atoms with Crippen molar-refractivity contribution < 1.29 is 9.13 Å². The van der Waals surface area contributed by atoms with Crippen molar-refractivity contribution in [3.8, 4) is 22.8 Å². The average molecular weight is 331 g/mol. The minimum atomic E-state index is -0.290. The Morgan fingerprint density at radius 1 is 0.920 bits per heavy atom. The molecule has 5 heteroatoms. The third-order valence-electron chi connectivity index (χ3n) is 3.82. The van der Waals surface area contributed by atoms with Crippen LogP contribution >= 0.6 is 0 Å². The van der Waals surface area contributed by atoms with Gasteiger partial charge in [-0.05, 0) is 42.0 Å². The van der Waals surface area contributed by atoms with Crippen LogP contribution < -0.4 is 10.5 Å². The second-order valence-corrected chi connectivity index (χ2v) is 5.58. The first-order valence-corrected chi connectivity index (χ1v) is 7.73. The predicted molar refractivity (Wildman–Crippen MR) is 95.9 cm³/mol. The number of benzene rings is 2. The summed E-state index contributed by atoms with van der Waals surface area (Å²) in [4.78, 5) is 8.48. The highest BCUT2D eigenvalue weighted by molar-refractivity contribution is 5.93. The van der Waals surface area contributed by atoms with Crippen LogP contribution in [0.3, 0.4) is 0 Å². The van der Waals surface area contributed by atoms with Gasteiger partial charge in [0.25, 0.3) is 0 Å². The molecule has 0 aliphatic heterocycles. The summed E-state index contributed by atoms with van der Waals surface area (Å²) in [5.41, 5.74) is 8.55. The average Bonchev–Trinajstić information content (AvgIpc) is 2.63. The van der Waals surface area contributed by atoms with E-state index in [1.54, 1.807) is 24.4 Å². The Balaban J connectivity index is 1.67. The number of hydrogen-bond acceptors (Lipinski definition) is 4. The van der Waals surface area contributed by atoms with Crippen molar-refractivity contribution in [2.75, 3.05) is 5.73 Å². The van der Waals surface area contributed by atoms with Gasteiger partial charge >= 0.3 is 0 Å². The summed E-state index contributed by atoms with van der Waals surface area (Å²) in [5.74, 6) is 0.802. The van der Waals surface area contributed by atoms with Gasteiger partial charge in [0.15, 0.2) is 0 Å². The Hall–Kier alpha value is -3.47. The van der Waals surface area contributed by atoms with Crippen molar-refractivity contribution in [2.24, 2.45) is 0 Å². The number of anilines is 1. The summed E-state index contributed by atoms with van der Waals surface area (Å²) >= 11 is 0. The zero-order valence-corrected chi connectivity index (χ0v) is 13.2.